The number of nitrogens with zero attached hydrogens (tertiary/aromatic N) is 5. The van der Waals surface area contributed by atoms with Crippen molar-refractivity contribution in [1.82, 2.24) is 25.0 Å². The summed E-state index contributed by atoms with van der Waals surface area (Å²) in [6.45, 7) is 2.25. The van der Waals surface area contributed by atoms with Crippen molar-refractivity contribution in [3.05, 3.63) is 35.4 Å². The van der Waals surface area contributed by atoms with Gasteiger partial charge in [0, 0.05) is 31.9 Å². The second kappa shape index (κ2) is 10.5. The number of aliphatic hydroxyl groups excluding tert-OH is 1. The molecule has 13 heteroatoms. The van der Waals surface area contributed by atoms with E-state index in [1.807, 2.05) is 0 Å². The minimum atomic E-state index is -0.959. The molecule has 194 valence electrons. The lowest BCUT2D eigenvalue weighted by atomic mass is 10.1. The third-order valence-electron chi connectivity index (χ3n) is 6.46. The second-order valence-electron chi connectivity index (χ2n) is 8.87. The fourth-order valence-corrected chi connectivity index (χ4v) is 5.17. The van der Waals surface area contributed by atoms with Crippen LogP contribution in [0.25, 0.3) is 11.2 Å². The summed E-state index contributed by atoms with van der Waals surface area (Å²) < 4.78 is 44.9. The molecule has 2 aliphatic rings. The van der Waals surface area contributed by atoms with E-state index in [2.05, 4.69) is 32.5 Å². The Morgan fingerprint density at radius 2 is 2.06 bits per heavy atom. The number of benzene rings is 1. The van der Waals surface area contributed by atoms with Crippen LogP contribution in [0.1, 0.15) is 37.3 Å². The first-order valence-corrected chi connectivity index (χ1v) is 12.8. The van der Waals surface area contributed by atoms with E-state index in [-0.39, 0.29) is 18.6 Å². The van der Waals surface area contributed by atoms with Gasteiger partial charge in [0.25, 0.3) is 0 Å². The van der Waals surface area contributed by atoms with Crippen LogP contribution in [0.15, 0.2) is 23.4 Å². The number of halogens is 2. The molecule has 1 saturated carbocycles. The number of fused-ring (bicyclic) bond motifs is 1. The summed E-state index contributed by atoms with van der Waals surface area (Å²) in [4.78, 5) is 9.34. The van der Waals surface area contributed by atoms with Crippen molar-refractivity contribution in [3.63, 3.8) is 0 Å². The number of aliphatic hydroxyl groups is 1. The Hall–Kier alpha value is -2.45. The SMILES string of the molecule is CCCSc1nc(N[C@H]2C[C@H]2c2ccc(F)c(F)c2)c2nnn(C3COC(C(OC)OC)C3O)c2n1. The van der Waals surface area contributed by atoms with Crippen molar-refractivity contribution in [1.29, 1.82) is 0 Å². The van der Waals surface area contributed by atoms with Gasteiger partial charge in [-0.2, -0.15) is 0 Å². The van der Waals surface area contributed by atoms with Gasteiger partial charge in [-0.1, -0.05) is 30.0 Å². The Kier molecular flexibility index (Phi) is 7.35. The van der Waals surface area contributed by atoms with E-state index in [1.54, 1.807) is 10.7 Å². The molecule has 5 rings (SSSR count). The van der Waals surface area contributed by atoms with E-state index >= 15 is 0 Å². The number of rotatable bonds is 10. The first kappa shape index (κ1) is 25.2. The minimum absolute atomic E-state index is 0.0175. The Balaban J connectivity index is 1.43. The van der Waals surface area contributed by atoms with Crippen molar-refractivity contribution in [2.24, 2.45) is 0 Å². The van der Waals surface area contributed by atoms with Gasteiger partial charge in [0.2, 0.25) is 0 Å². The summed E-state index contributed by atoms with van der Waals surface area (Å²) in [6, 6.07) is 3.42. The maximum absolute atomic E-state index is 13.7. The summed E-state index contributed by atoms with van der Waals surface area (Å²) in [5.74, 6) is -0.357. The van der Waals surface area contributed by atoms with Gasteiger partial charge in [-0.05, 0) is 30.5 Å². The van der Waals surface area contributed by atoms with Gasteiger partial charge in [0.15, 0.2) is 40.1 Å². The normalized spacial score (nSPS) is 25.7. The number of hydrogen-bond donors (Lipinski definition) is 2. The van der Waals surface area contributed by atoms with Gasteiger partial charge in [-0.25, -0.2) is 23.4 Å². The standard InChI is InChI=1S/C23H28F2N6O4S/c1-4-7-36-23-27-20(26-15-9-12(15)11-5-6-13(24)14(25)8-11)17-21(28-23)31(30-29-17)16-10-35-19(18(16)32)22(33-2)34-3/h5-6,8,12,15-16,18-19,22,32H,4,7,9-10H2,1-3H3,(H,26,27,28)/t12-,15-,16?,18?,19?/m0/s1. The second-order valence-corrected chi connectivity index (χ2v) is 9.93. The third kappa shape index (κ3) is 4.77. The van der Waals surface area contributed by atoms with Crippen molar-refractivity contribution in [3.8, 4) is 0 Å². The number of aromatic nitrogens is 5. The Labute approximate surface area is 210 Å². The molecule has 1 aliphatic heterocycles. The number of hydrogen-bond acceptors (Lipinski definition) is 10. The number of thioether (sulfide) groups is 1. The van der Waals surface area contributed by atoms with Crippen LogP contribution in [-0.2, 0) is 14.2 Å². The summed E-state index contributed by atoms with van der Waals surface area (Å²) in [6.07, 6.45) is -0.695. The highest BCUT2D eigenvalue weighted by Gasteiger charge is 2.44. The third-order valence-corrected chi connectivity index (χ3v) is 7.51. The average molecular weight is 523 g/mol. The van der Waals surface area contributed by atoms with Gasteiger partial charge in [-0.3, -0.25) is 0 Å². The maximum atomic E-state index is 13.7. The van der Waals surface area contributed by atoms with Crippen molar-refractivity contribution >= 4 is 28.7 Å². The van der Waals surface area contributed by atoms with Crippen molar-refractivity contribution < 1.29 is 28.1 Å². The molecule has 36 heavy (non-hydrogen) atoms. The first-order chi connectivity index (χ1) is 17.4. The smallest absolute Gasteiger partial charge is 0.191 e. The zero-order valence-corrected chi connectivity index (χ0v) is 20.9. The maximum Gasteiger partial charge on any atom is 0.191 e. The van der Waals surface area contributed by atoms with E-state index in [9.17, 15) is 13.9 Å². The van der Waals surface area contributed by atoms with Gasteiger partial charge in [-0.15, -0.1) is 5.10 Å². The van der Waals surface area contributed by atoms with Crippen LogP contribution < -0.4 is 5.32 Å². The molecule has 2 fully saturated rings. The zero-order chi connectivity index (χ0) is 25.4. The molecule has 1 aliphatic carbocycles. The molecule has 10 nitrogen and oxygen atoms in total. The number of nitrogens with one attached hydrogen (secondary N) is 1. The van der Waals surface area contributed by atoms with Crippen LogP contribution in [-0.4, -0.2) is 81.2 Å². The van der Waals surface area contributed by atoms with Crippen molar-refractivity contribution in [2.75, 3.05) is 31.9 Å². The highest BCUT2D eigenvalue weighted by molar-refractivity contribution is 7.99. The van der Waals surface area contributed by atoms with E-state index in [0.717, 1.165) is 30.2 Å². The van der Waals surface area contributed by atoms with Crippen molar-refractivity contribution in [2.45, 2.75) is 61.4 Å². The van der Waals surface area contributed by atoms with Crippen LogP contribution in [0.3, 0.4) is 0 Å². The molecule has 1 saturated heterocycles. The summed E-state index contributed by atoms with van der Waals surface area (Å²) in [5.41, 5.74) is 1.65. The molecule has 3 aromatic rings. The first-order valence-electron chi connectivity index (χ1n) is 11.8. The van der Waals surface area contributed by atoms with E-state index in [0.29, 0.717) is 22.1 Å². The van der Waals surface area contributed by atoms with Gasteiger partial charge in [0.05, 0.1) is 6.61 Å². The molecule has 2 aromatic heterocycles. The molecule has 0 bridgehead atoms. The predicted octanol–water partition coefficient (Wildman–Crippen LogP) is 2.89. The van der Waals surface area contributed by atoms with Gasteiger partial charge in [0.1, 0.15) is 18.2 Å². The summed E-state index contributed by atoms with van der Waals surface area (Å²) in [5, 5.41) is 23.5. The average Bonchev–Trinajstić information content (AvgIpc) is 3.35. The lowest BCUT2D eigenvalue weighted by Crippen LogP contribution is -2.39. The lowest BCUT2D eigenvalue weighted by Gasteiger charge is -2.23. The molecule has 0 amide bonds. The van der Waals surface area contributed by atoms with Crippen LogP contribution in [0.5, 0.6) is 0 Å². The highest BCUT2D eigenvalue weighted by Crippen LogP contribution is 2.44. The highest BCUT2D eigenvalue weighted by atomic mass is 32.2. The van der Waals surface area contributed by atoms with E-state index < -0.39 is 36.2 Å². The lowest BCUT2D eigenvalue weighted by molar-refractivity contribution is -0.185. The van der Waals surface area contributed by atoms with Crippen LogP contribution >= 0.6 is 11.8 Å². The zero-order valence-electron chi connectivity index (χ0n) is 20.1. The fraction of sp³-hybridized carbons (Fsp3) is 0.565. The quantitative estimate of drug-likeness (QED) is 0.234. The molecule has 3 unspecified atom stereocenters. The summed E-state index contributed by atoms with van der Waals surface area (Å²) >= 11 is 1.51. The van der Waals surface area contributed by atoms with E-state index in [1.165, 1.54) is 32.0 Å². The topological polar surface area (TPSA) is 116 Å². The molecular weight excluding hydrogens is 494 g/mol. The van der Waals surface area contributed by atoms with Crippen LogP contribution in [0.4, 0.5) is 14.6 Å². The predicted molar refractivity (Wildman–Crippen MR) is 128 cm³/mol. The number of anilines is 1. The van der Waals surface area contributed by atoms with Crippen LogP contribution in [0.2, 0.25) is 0 Å². The fourth-order valence-electron chi connectivity index (χ4n) is 4.48. The molecular formula is C23H28F2N6O4S. The largest absolute Gasteiger partial charge is 0.388 e. The Morgan fingerprint density at radius 1 is 1.25 bits per heavy atom. The molecule has 3 heterocycles. The summed E-state index contributed by atoms with van der Waals surface area (Å²) in [7, 11) is 2.96. The Bertz CT molecular complexity index is 1230. The van der Waals surface area contributed by atoms with Crippen LogP contribution in [0, 0.1) is 11.6 Å². The molecule has 0 radical (unpaired) electrons. The Morgan fingerprint density at radius 3 is 2.78 bits per heavy atom. The van der Waals surface area contributed by atoms with Gasteiger partial charge >= 0.3 is 0 Å². The monoisotopic (exact) mass is 522 g/mol. The molecule has 2 N–H and O–H groups in total. The minimum Gasteiger partial charge on any atom is -0.388 e. The number of ether oxygens (including phenoxy) is 3. The molecule has 1 aromatic carbocycles. The van der Waals surface area contributed by atoms with Gasteiger partial charge < -0.3 is 24.6 Å². The molecule has 5 atom stereocenters. The van der Waals surface area contributed by atoms with E-state index in [4.69, 9.17) is 14.2 Å². The number of methoxy groups -OCH3 is 2. The molecule has 0 spiro atoms.